The first-order valence-corrected chi connectivity index (χ1v) is 4.42. The van der Waals surface area contributed by atoms with E-state index in [0.29, 0.717) is 0 Å². The maximum atomic E-state index is 10.8. The van der Waals surface area contributed by atoms with E-state index in [1.165, 1.54) is 12.1 Å². The lowest BCUT2D eigenvalue weighted by atomic mass is 10.2. The summed E-state index contributed by atoms with van der Waals surface area (Å²) in [6, 6.07) is 4.47. The van der Waals surface area contributed by atoms with Gasteiger partial charge in [0.05, 0.1) is 4.92 Å². The molecule has 0 radical (unpaired) electrons. The molecule has 0 aliphatic heterocycles. The fraction of sp³-hybridized carbons (Fsp3) is 0.222. The van der Waals surface area contributed by atoms with Gasteiger partial charge in [0.1, 0.15) is 0 Å². The van der Waals surface area contributed by atoms with Crippen LogP contribution in [0, 0.1) is 17.0 Å². The van der Waals surface area contributed by atoms with Crippen molar-refractivity contribution in [2.75, 3.05) is 6.61 Å². The van der Waals surface area contributed by atoms with E-state index in [9.17, 15) is 14.9 Å². The van der Waals surface area contributed by atoms with Crippen LogP contribution in [0.5, 0.6) is 5.75 Å². The van der Waals surface area contributed by atoms with Crippen LogP contribution in [0.25, 0.3) is 0 Å². The molecule has 0 aliphatic carbocycles. The molecule has 1 aromatic carbocycles. The molecule has 3 N–H and O–H groups in total. The molecule has 0 saturated carbocycles. The molecule has 0 aromatic heterocycles. The number of aryl methyl sites for hydroxylation is 1. The lowest BCUT2D eigenvalue weighted by Crippen LogP contribution is -2.34. The molecule has 86 valence electrons. The highest BCUT2D eigenvalue weighted by Crippen LogP contribution is 2.27. The van der Waals surface area contributed by atoms with Crippen LogP contribution in [0.4, 0.5) is 5.69 Å². The van der Waals surface area contributed by atoms with Gasteiger partial charge in [-0.3, -0.25) is 20.3 Å². The third-order valence-corrected chi connectivity index (χ3v) is 1.83. The van der Waals surface area contributed by atoms with Crippen molar-refractivity contribution in [2.24, 2.45) is 5.84 Å². The number of nitrogens with zero attached hydrogens (tertiary/aromatic N) is 1. The Hall–Kier alpha value is -2.15. The van der Waals surface area contributed by atoms with E-state index < -0.39 is 10.8 Å². The summed E-state index contributed by atoms with van der Waals surface area (Å²) < 4.78 is 4.97. The summed E-state index contributed by atoms with van der Waals surface area (Å²) in [5.41, 5.74) is 2.42. The number of hydrogen-bond donors (Lipinski definition) is 2. The molecular formula is C9H11N3O4. The second kappa shape index (κ2) is 5.08. The van der Waals surface area contributed by atoms with E-state index >= 15 is 0 Å². The number of hydrazine groups is 1. The highest BCUT2D eigenvalue weighted by atomic mass is 16.6. The first-order valence-electron chi connectivity index (χ1n) is 4.42. The molecule has 0 unspecified atom stereocenters. The largest absolute Gasteiger partial charge is 0.477 e. The topological polar surface area (TPSA) is 107 Å². The van der Waals surface area contributed by atoms with Gasteiger partial charge in [0, 0.05) is 6.07 Å². The molecule has 0 spiro atoms. The van der Waals surface area contributed by atoms with Gasteiger partial charge in [-0.25, -0.2) is 5.84 Å². The fourth-order valence-electron chi connectivity index (χ4n) is 1.08. The smallest absolute Gasteiger partial charge is 0.311 e. The predicted octanol–water partition coefficient (Wildman–Crippen LogP) is 0.272. The zero-order chi connectivity index (χ0) is 12.1. The highest BCUT2D eigenvalue weighted by molar-refractivity contribution is 5.76. The number of carbonyl (C=O) groups excluding carboxylic acids is 1. The molecule has 0 heterocycles. The second-order valence-corrected chi connectivity index (χ2v) is 3.08. The quantitative estimate of drug-likeness (QED) is 0.331. The van der Waals surface area contributed by atoms with Crippen molar-refractivity contribution in [2.45, 2.75) is 6.92 Å². The molecule has 7 heteroatoms. The zero-order valence-corrected chi connectivity index (χ0v) is 8.60. The number of nitro benzene ring substituents is 1. The van der Waals surface area contributed by atoms with Crippen LogP contribution in [0.15, 0.2) is 18.2 Å². The first kappa shape index (κ1) is 11.9. The van der Waals surface area contributed by atoms with Crippen LogP contribution in [0.1, 0.15) is 5.56 Å². The summed E-state index contributed by atoms with van der Waals surface area (Å²) in [7, 11) is 0. The van der Waals surface area contributed by atoms with Crippen molar-refractivity contribution in [1.29, 1.82) is 0 Å². The molecule has 0 aliphatic rings. The normalized spacial score (nSPS) is 9.62. The Bertz CT molecular complexity index is 419. The van der Waals surface area contributed by atoms with E-state index in [1.807, 2.05) is 5.43 Å². The maximum Gasteiger partial charge on any atom is 0.311 e. The van der Waals surface area contributed by atoms with Crippen LogP contribution in [-0.2, 0) is 4.79 Å². The number of nitrogens with two attached hydrogens (primary N) is 1. The van der Waals surface area contributed by atoms with Gasteiger partial charge >= 0.3 is 5.69 Å². The Balaban J connectivity index is 2.87. The van der Waals surface area contributed by atoms with Crippen molar-refractivity contribution in [3.63, 3.8) is 0 Å². The number of benzene rings is 1. The molecule has 1 aromatic rings. The summed E-state index contributed by atoms with van der Waals surface area (Å²) in [6.07, 6.45) is 0. The molecule has 16 heavy (non-hydrogen) atoms. The average molecular weight is 225 g/mol. The standard InChI is InChI=1S/C9H11N3O4/c1-6-2-3-8(7(4-6)12(14)15)16-5-9(13)11-10/h2-4H,5,10H2,1H3,(H,11,13). The van der Waals surface area contributed by atoms with Gasteiger partial charge in [-0.2, -0.15) is 0 Å². The Morgan fingerprint density at radius 1 is 1.62 bits per heavy atom. The second-order valence-electron chi connectivity index (χ2n) is 3.08. The summed E-state index contributed by atoms with van der Waals surface area (Å²) in [5, 5.41) is 10.7. The molecule has 0 saturated heterocycles. The summed E-state index contributed by atoms with van der Waals surface area (Å²) in [6.45, 7) is 1.36. The number of nitrogens with one attached hydrogen (secondary N) is 1. The molecule has 0 atom stereocenters. The minimum atomic E-state index is -0.567. The van der Waals surface area contributed by atoms with Crippen molar-refractivity contribution in [3.05, 3.63) is 33.9 Å². The summed E-state index contributed by atoms with van der Waals surface area (Å²) >= 11 is 0. The number of nitro groups is 1. The monoisotopic (exact) mass is 225 g/mol. The van der Waals surface area contributed by atoms with Gasteiger partial charge < -0.3 is 4.74 Å². The molecular weight excluding hydrogens is 214 g/mol. The summed E-state index contributed by atoms with van der Waals surface area (Å²) in [5.74, 6) is 4.33. The van der Waals surface area contributed by atoms with Crippen molar-refractivity contribution < 1.29 is 14.5 Å². The van der Waals surface area contributed by atoms with Gasteiger partial charge in [-0.1, -0.05) is 6.07 Å². The third-order valence-electron chi connectivity index (χ3n) is 1.83. The minimum Gasteiger partial charge on any atom is -0.477 e. The summed E-state index contributed by atoms with van der Waals surface area (Å²) in [4.78, 5) is 20.9. The van der Waals surface area contributed by atoms with E-state index in [-0.39, 0.29) is 18.0 Å². The predicted molar refractivity (Wildman–Crippen MR) is 55.7 cm³/mol. The average Bonchev–Trinajstić information content (AvgIpc) is 2.26. The van der Waals surface area contributed by atoms with E-state index in [4.69, 9.17) is 10.6 Å². The Morgan fingerprint density at radius 3 is 2.88 bits per heavy atom. The van der Waals surface area contributed by atoms with Crippen molar-refractivity contribution >= 4 is 11.6 Å². The fourth-order valence-corrected chi connectivity index (χ4v) is 1.08. The number of rotatable bonds is 4. The van der Waals surface area contributed by atoms with Gasteiger partial charge in [0.25, 0.3) is 5.91 Å². The first-order chi connectivity index (χ1) is 7.54. The lowest BCUT2D eigenvalue weighted by Gasteiger charge is -2.05. The van der Waals surface area contributed by atoms with Gasteiger partial charge in [-0.15, -0.1) is 0 Å². The number of ether oxygens (including phenoxy) is 1. The van der Waals surface area contributed by atoms with Crippen molar-refractivity contribution in [3.8, 4) is 5.75 Å². The van der Waals surface area contributed by atoms with E-state index in [0.717, 1.165) is 5.56 Å². The minimum absolute atomic E-state index is 0.0409. The Kier molecular flexibility index (Phi) is 3.78. The maximum absolute atomic E-state index is 10.8. The van der Waals surface area contributed by atoms with E-state index in [1.54, 1.807) is 13.0 Å². The van der Waals surface area contributed by atoms with Gasteiger partial charge in [0.15, 0.2) is 12.4 Å². The highest BCUT2D eigenvalue weighted by Gasteiger charge is 2.15. The number of hydrogen-bond acceptors (Lipinski definition) is 5. The van der Waals surface area contributed by atoms with Crippen LogP contribution >= 0.6 is 0 Å². The zero-order valence-electron chi connectivity index (χ0n) is 8.60. The van der Waals surface area contributed by atoms with Crippen LogP contribution in [-0.4, -0.2) is 17.4 Å². The van der Waals surface area contributed by atoms with Crippen LogP contribution in [0.2, 0.25) is 0 Å². The molecule has 7 nitrogen and oxygen atoms in total. The van der Waals surface area contributed by atoms with Gasteiger partial charge in [0.2, 0.25) is 0 Å². The van der Waals surface area contributed by atoms with Crippen molar-refractivity contribution in [1.82, 2.24) is 5.43 Å². The van der Waals surface area contributed by atoms with E-state index in [2.05, 4.69) is 0 Å². The number of carbonyl (C=O) groups is 1. The molecule has 0 fully saturated rings. The van der Waals surface area contributed by atoms with Crippen LogP contribution < -0.4 is 16.0 Å². The van der Waals surface area contributed by atoms with Crippen LogP contribution in [0.3, 0.4) is 0 Å². The Morgan fingerprint density at radius 2 is 2.31 bits per heavy atom. The SMILES string of the molecule is Cc1ccc(OCC(=O)NN)c([N+](=O)[O-])c1. The van der Waals surface area contributed by atoms with Gasteiger partial charge in [-0.05, 0) is 18.6 Å². The third kappa shape index (κ3) is 2.92. The molecule has 1 amide bonds. The molecule has 1 rings (SSSR count). The Labute approximate surface area is 91.3 Å². The molecule has 0 bridgehead atoms. The number of amides is 1. The lowest BCUT2D eigenvalue weighted by molar-refractivity contribution is -0.385.